The van der Waals surface area contributed by atoms with E-state index in [0.29, 0.717) is 5.56 Å². The molecule has 0 atom stereocenters. The van der Waals surface area contributed by atoms with E-state index in [9.17, 15) is 26.4 Å². The Hall–Kier alpha value is -1.65. The molecule has 1 amide bonds. The molecule has 0 saturated heterocycles. The highest BCUT2D eigenvalue weighted by molar-refractivity contribution is 7.89. The molecule has 1 aliphatic rings. The number of amides is 1. The Morgan fingerprint density at radius 1 is 1.32 bits per heavy atom. The number of halogens is 3. The Labute approximate surface area is 143 Å². The van der Waals surface area contributed by atoms with Crippen molar-refractivity contribution in [2.45, 2.75) is 36.9 Å². The first-order valence-corrected chi connectivity index (χ1v) is 9.12. The van der Waals surface area contributed by atoms with Gasteiger partial charge in [-0.05, 0) is 37.5 Å². The van der Waals surface area contributed by atoms with E-state index in [0.717, 1.165) is 12.8 Å². The maximum absolute atomic E-state index is 12.2. The van der Waals surface area contributed by atoms with Crippen molar-refractivity contribution in [1.82, 2.24) is 10.0 Å². The van der Waals surface area contributed by atoms with Gasteiger partial charge in [0.1, 0.15) is 6.61 Å². The number of nitrogens with one attached hydrogen (secondary N) is 2. The molecule has 6 nitrogen and oxygen atoms in total. The second-order valence-corrected chi connectivity index (χ2v) is 7.51. The minimum Gasteiger partial charge on any atom is -0.370 e. The summed E-state index contributed by atoms with van der Waals surface area (Å²) in [5.41, 5.74) is 0.702. The Morgan fingerprint density at radius 2 is 2.00 bits per heavy atom. The summed E-state index contributed by atoms with van der Waals surface area (Å²) in [4.78, 5) is 12.1. The van der Waals surface area contributed by atoms with Crippen LogP contribution < -0.4 is 10.0 Å². The maximum atomic E-state index is 12.2. The molecule has 0 aliphatic heterocycles. The first-order valence-electron chi connectivity index (χ1n) is 7.64. The summed E-state index contributed by atoms with van der Waals surface area (Å²) < 4.78 is 67.1. The molecular weight excluding hydrogens is 361 g/mol. The van der Waals surface area contributed by atoms with E-state index in [-0.39, 0.29) is 29.7 Å². The van der Waals surface area contributed by atoms with Gasteiger partial charge < -0.3 is 10.1 Å². The molecule has 0 spiro atoms. The number of carbonyl (C=O) groups excluding carboxylic acids is 1. The van der Waals surface area contributed by atoms with Crippen LogP contribution in [0, 0.1) is 6.92 Å². The van der Waals surface area contributed by atoms with Crippen LogP contribution in [0.2, 0.25) is 0 Å². The lowest BCUT2D eigenvalue weighted by molar-refractivity contribution is -0.173. The Kier molecular flexibility index (Phi) is 6.07. The lowest BCUT2D eigenvalue weighted by atomic mass is 10.1. The standard InChI is InChI=1S/C15H19F3N2O4S/c1-10-2-5-12(25(22,23)20-11-3-4-11)8-13(10)14(21)19-6-7-24-9-15(16,17)18/h2,5,8,11,20H,3-4,6-7,9H2,1H3,(H,19,21). The van der Waals surface area contributed by atoms with Crippen LogP contribution in [-0.2, 0) is 14.8 Å². The quantitative estimate of drug-likeness (QED) is 0.673. The average Bonchev–Trinajstić information content (AvgIpc) is 3.29. The predicted molar refractivity (Wildman–Crippen MR) is 83.7 cm³/mol. The summed E-state index contributed by atoms with van der Waals surface area (Å²) in [6.45, 7) is -0.167. The average molecular weight is 380 g/mol. The van der Waals surface area contributed by atoms with E-state index in [1.807, 2.05) is 0 Å². The number of alkyl halides is 3. The van der Waals surface area contributed by atoms with Crippen molar-refractivity contribution in [1.29, 1.82) is 0 Å². The fourth-order valence-corrected chi connectivity index (χ4v) is 3.35. The van der Waals surface area contributed by atoms with Crippen LogP contribution in [0.4, 0.5) is 13.2 Å². The first kappa shape index (κ1) is 19.7. The number of aryl methyl sites for hydroxylation is 1. The van der Waals surface area contributed by atoms with Crippen LogP contribution in [-0.4, -0.2) is 46.3 Å². The molecule has 0 bridgehead atoms. The van der Waals surface area contributed by atoms with Gasteiger partial charge in [0.15, 0.2) is 0 Å². The summed E-state index contributed by atoms with van der Waals surface area (Å²) in [6, 6.07) is 4.11. The van der Waals surface area contributed by atoms with E-state index in [1.54, 1.807) is 6.92 Å². The number of carbonyl (C=O) groups is 1. The van der Waals surface area contributed by atoms with Crippen LogP contribution in [0.1, 0.15) is 28.8 Å². The lowest BCUT2D eigenvalue weighted by Crippen LogP contribution is -2.30. The van der Waals surface area contributed by atoms with Gasteiger partial charge in [0.25, 0.3) is 5.91 Å². The number of hydrogen-bond donors (Lipinski definition) is 2. The Balaban J connectivity index is 1.95. The van der Waals surface area contributed by atoms with E-state index in [4.69, 9.17) is 0 Å². The largest absolute Gasteiger partial charge is 0.411 e. The molecule has 1 aromatic carbocycles. The molecule has 0 aromatic heterocycles. The number of benzene rings is 1. The van der Waals surface area contributed by atoms with Gasteiger partial charge in [-0.25, -0.2) is 13.1 Å². The number of sulfonamides is 1. The zero-order valence-electron chi connectivity index (χ0n) is 13.5. The van der Waals surface area contributed by atoms with Gasteiger partial charge >= 0.3 is 6.18 Å². The zero-order chi connectivity index (χ0) is 18.7. The van der Waals surface area contributed by atoms with Gasteiger partial charge in [-0.15, -0.1) is 0 Å². The van der Waals surface area contributed by atoms with Crippen LogP contribution in [0.3, 0.4) is 0 Å². The van der Waals surface area contributed by atoms with Gasteiger partial charge in [0.2, 0.25) is 10.0 Å². The smallest absolute Gasteiger partial charge is 0.370 e. The van der Waals surface area contributed by atoms with Gasteiger partial charge in [-0.1, -0.05) is 6.07 Å². The van der Waals surface area contributed by atoms with Crippen LogP contribution in [0.15, 0.2) is 23.1 Å². The minimum absolute atomic E-state index is 0.0246. The number of rotatable bonds is 8. The minimum atomic E-state index is -4.42. The molecule has 0 heterocycles. The second kappa shape index (κ2) is 7.71. The first-order chi connectivity index (χ1) is 11.6. The van der Waals surface area contributed by atoms with Crippen molar-refractivity contribution < 1.29 is 31.1 Å². The highest BCUT2D eigenvalue weighted by Crippen LogP contribution is 2.23. The highest BCUT2D eigenvalue weighted by atomic mass is 32.2. The SMILES string of the molecule is Cc1ccc(S(=O)(=O)NC2CC2)cc1C(=O)NCCOCC(F)(F)F. The monoisotopic (exact) mass is 380 g/mol. The molecular formula is C15H19F3N2O4S. The predicted octanol–water partition coefficient (Wildman–Crippen LogP) is 1.74. The molecule has 1 fully saturated rings. The fraction of sp³-hybridized carbons (Fsp3) is 0.533. The van der Waals surface area contributed by atoms with Gasteiger partial charge in [0, 0.05) is 18.2 Å². The van der Waals surface area contributed by atoms with E-state index in [1.165, 1.54) is 18.2 Å². The third kappa shape index (κ3) is 6.29. The summed E-state index contributed by atoms with van der Waals surface area (Å²) in [7, 11) is -3.69. The van der Waals surface area contributed by atoms with Crippen LogP contribution in [0.5, 0.6) is 0 Å². The molecule has 0 radical (unpaired) electrons. The van der Waals surface area contributed by atoms with Crippen molar-refractivity contribution in [3.8, 4) is 0 Å². The number of ether oxygens (including phenoxy) is 1. The van der Waals surface area contributed by atoms with Crippen molar-refractivity contribution in [3.05, 3.63) is 29.3 Å². The van der Waals surface area contributed by atoms with Crippen molar-refractivity contribution >= 4 is 15.9 Å². The summed E-state index contributed by atoms with van der Waals surface area (Å²) in [6.07, 6.45) is -2.84. The highest BCUT2D eigenvalue weighted by Gasteiger charge is 2.29. The van der Waals surface area contributed by atoms with Crippen LogP contribution in [0.25, 0.3) is 0 Å². The summed E-state index contributed by atoms with van der Waals surface area (Å²) in [5, 5.41) is 2.41. The fourth-order valence-electron chi connectivity index (χ4n) is 2.02. The maximum Gasteiger partial charge on any atom is 0.411 e. The van der Waals surface area contributed by atoms with E-state index < -0.39 is 28.7 Å². The lowest BCUT2D eigenvalue weighted by Gasteiger charge is -2.11. The third-order valence-corrected chi connectivity index (χ3v) is 4.98. The Morgan fingerprint density at radius 3 is 2.60 bits per heavy atom. The topological polar surface area (TPSA) is 84.5 Å². The molecule has 0 unspecified atom stereocenters. The summed E-state index contributed by atoms with van der Waals surface area (Å²) in [5.74, 6) is -0.573. The third-order valence-electron chi connectivity index (χ3n) is 3.46. The molecule has 10 heteroatoms. The van der Waals surface area contributed by atoms with Crippen LogP contribution >= 0.6 is 0 Å². The van der Waals surface area contributed by atoms with E-state index >= 15 is 0 Å². The molecule has 140 valence electrons. The van der Waals surface area contributed by atoms with Gasteiger partial charge in [-0.3, -0.25) is 4.79 Å². The van der Waals surface area contributed by atoms with Crippen molar-refractivity contribution in [2.75, 3.05) is 19.8 Å². The van der Waals surface area contributed by atoms with Crippen molar-refractivity contribution in [3.63, 3.8) is 0 Å². The molecule has 1 aliphatic carbocycles. The van der Waals surface area contributed by atoms with Gasteiger partial charge in [0.05, 0.1) is 11.5 Å². The van der Waals surface area contributed by atoms with E-state index in [2.05, 4.69) is 14.8 Å². The zero-order valence-corrected chi connectivity index (χ0v) is 14.3. The summed E-state index contributed by atoms with van der Waals surface area (Å²) >= 11 is 0. The van der Waals surface area contributed by atoms with Gasteiger partial charge in [-0.2, -0.15) is 13.2 Å². The molecule has 1 saturated carbocycles. The molecule has 1 aromatic rings. The van der Waals surface area contributed by atoms with Crippen molar-refractivity contribution in [2.24, 2.45) is 0 Å². The molecule has 25 heavy (non-hydrogen) atoms. The second-order valence-electron chi connectivity index (χ2n) is 5.80. The normalized spacial score (nSPS) is 15.2. The molecule has 2 N–H and O–H groups in total. The number of hydrogen-bond acceptors (Lipinski definition) is 4. The molecule has 2 rings (SSSR count). The Bertz CT molecular complexity index is 731.